The molecule has 4 atom stereocenters. The van der Waals surface area contributed by atoms with Crippen LogP contribution >= 0.6 is 0 Å². The summed E-state index contributed by atoms with van der Waals surface area (Å²) in [7, 11) is 1.54. The minimum atomic E-state index is -0.747. The Morgan fingerprint density at radius 1 is 1.14 bits per heavy atom. The molecule has 2 aromatic carbocycles. The van der Waals surface area contributed by atoms with Crippen molar-refractivity contribution in [1.29, 1.82) is 0 Å². The third-order valence-electron chi connectivity index (χ3n) is 9.63. The number of carboxylic acids is 1. The van der Waals surface area contributed by atoms with Crippen LogP contribution < -0.4 is 9.47 Å². The Kier molecular flexibility index (Phi) is 8.22. The number of aliphatic carboxylic acids is 1. The standard InChI is InChI=1S/C35H41FN2O4/c1-21-6-4-5-15-38(21)20-27-16-25(29-18-33(41-3)37-19-30(29)36)11-13-28(27)31-14-12-23-7-10-26(17-32(23)42-31)34(24-8-9-24)22(2)35(39)40/h7,10-11,13,16-19,21-22,24,31,34H,4-6,8-9,12,14-15,20H2,1-3H3,(H,39,40)/t21-,22+,31?,34+/m1/s1. The average molecular weight is 573 g/mol. The van der Waals surface area contributed by atoms with Gasteiger partial charge in [-0.2, -0.15) is 0 Å². The van der Waals surface area contributed by atoms with Gasteiger partial charge in [0.2, 0.25) is 5.88 Å². The fraction of sp³-hybridized carbons (Fsp3) is 0.486. The van der Waals surface area contributed by atoms with Gasteiger partial charge in [-0.3, -0.25) is 9.69 Å². The van der Waals surface area contributed by atoms with Crippen LogP contribution in [0.3, 0.4) is 0 Å². The topological polar surface area (TPSA) is 71.9 Å². The number of ether oxygens (including phenoxy) is 2. The quantitative estimate of drug-likeness (QED) is 0.285. The van der Waals surface area contributed by atoms with Crippen LogP contribution in [0.2, 0.25) is 0 Å². The minimum Gasteiger partial charge on any atom is -0.485 e. The number of rotatable bonds is 9. The van der Waals surface area contributed by atoms with E-state index in [-0.39, 0.29) is 17.8 Å². The van der Waals surface area contributed by atoms with Gasteiger partial charge in [-0.15, -0.1) is 0 Å². The van der Waals surface area contributed by atoms with E-state index in [9.17, 15) is 14.3 Å². The van der Waals surface area contributed by atoms with E-state index in [1.165, 1.54) is 38.1 Å². The number of methoxy groups -OCH3 is 1. The van der Waals surface area contributed by atoms with Crippen molar-refractivity contribution in [2.45, 2.75) is 83.4 Å². The SMILES string of the molecule is COc1cc(-c2ccc(C3CCc4ccc([C@H](C5CC5)[C@H](C)C(=O)O)cc4O3)c(CN3CCCC[C@H]3C)c2)c(F)cn1. The lowest BCUT2D eigenvalue weighted by Gasteiger charge is -2.35. The van der Waals surface area contributed by atoms with Crippen molar-refractivity contribution in [1.82, 2.24) is 9.88 Å². The lowest BCUT2D eigenvalue weighted by molar-refractivity contribution is -0.142. The predicted octanol–water partition coefficient (Wildman–Crippen LogP) is 7.55. The van der Waals surface area contributed by atoms with Gasteiger partial charge >= 0.3 is 5.97 Å². The Morgan fingerprint density at radius 3 is 2.71 bits per heavy atom. The van der Waals surface area contributed by atoms with Crippen LogP contribution in [0.15, 0.2) is 48.7 Å². The second kappa shape index (κ2) is 12.0. The van der Waals surface area contributed by atoms with Crippen LogP contribution in [0, 0.1) is 17.7 Å². The average Bonchev–Trinajstić information content (AvgIpc) is 3.83. The van der Waals surface area contributed by atoms with Crippen LogP contribution in [0.1, 0.15) is 86.6 Å². The number of fused-ring (bicyclic) bond motifs is 1. The van der Waals surface area contributed by atoms with E-state index < -0.39 is 11.9 Å². The highest BCUT2D eigenvalue weighted by molar-refractivity contribution is 5.71. The van der Waals surface area contributed by atoms with Gasteiger partial charge < -0.3 is 14.6 Å². The van der Waals surface area contributed by atoms with E-state index in [0.29, 0.717) is 23.4 Å². The summed E-state index contributed by atoms with van der Waals surface area (Å²) in [6.07, 6.45) is 8.59. The number of benzene rings is 2. The van der Waals surface area contributed by atoms with E-state index in [2.05, 4.69) is 47.1 Å². The summed E-state index contributed by atoms with van der Waals surface area (Å²) in [5.41, 5.74) is 5.78. The molecule has 0 spiro atoms. The molecule has 0 radical (unpaired) electrons. The molecule has 0 bridgehead atoms. The summed E-state index contributed by atoms with van der Waals surface area (Å²) in [4.78, 5) is 18.5. The number of pyridine rings is 1. The molecule has 3 aromatic rings. The number of carbonyl (C=O) groups is 1. The number of nitrogens with zero attached hydrogens (tertiary/aromatic N) is 2. The zero-order chi connectivity index (χ0) is 29.4. The second-order valence-corrected chi connectivity index (χ2v) is 12.4. The first-order valence-electron chi connectivity index (χ1n) is 15.4. The summed E-state index contributed by atoms with van der Waals surface area (Å²) >= 11 is 0. The van der Waals surface area contributed by atoms with E-state index in [4.69, 9.17) is 9.47 Å². The smallest absolute Gasteiger partial charge is 0.306 e. The van der Waals surface area contributed by atoms with E-state index >= 15 is 0 Å². The first kappa shape index (κ1) is 28.7. The maximum absolute atomic E-state index is 14.9. The van der Waals surface area contributed by atoms with Gasteiger partial charge in [0, 0.05) is 24.2 Å². The third kappa shape index (κ3) is 5.89. The number of hydrogen-bond donors (Lipinski definition) is 1. The van der Waals surface area contributed by atoms with Gasteiger partial charge in [-0.05, 0) is 104 Å². The fourth-order valence-corrected chi connectivity index (χ4v) is 6.98. The molecule has 1 saturated carbocycles. The molecule has 1 aliphatic carbocycles. The summed E-state index contributed by atoms with van der Waals surface area (Å²) in [5.74, 6) is 0.101. The van der Waals surface area contributed by atoms with Crippen LogP contribution in [0.25, 0.3) is 11.1 Å². The molecule has 1 aromatic heterocycles. The van der Waals surface area contributed by atoms with Gasteiger partial charge in [0.25, 0.3) is 0 Å². The van der Waals surface area contributed by atoms with Crippen LogP contribution in [-0.4, -0.2) is 40.7 Å². The molecular weight excluding hydrogens is 531 g/mol. The molecule has 3 aliphatic rings. The molecule has 7 heteroatoms. The summed E-state index contributed by atoms with van der Waals surface area (Å²) in [6.45, 7) is 5.94. The highest BCUT2D eigenvalue weighted by atomic mass is 19.1. The molecule has 42 heavy (non-hydrogen) atoms. The van der Waals surface area contributed by atoms with Gasteiger partial charge in [-0.25, -0.2) is 9.37 Å². The van der Waals surface area contributed by atoms with Crippen molar-refractivity contribution in [2.75, 3.05) is 13.7 Å². The molecule has 1 N–H and O–H groups in total. The maximum Gasteiger partial charge on any atom is 0.306 e. The predicted molar refractivity (Wildman–Crippen MR) is 160 cm³/mol. The molecular formula is C35H41FN2O4. The van der Waals surface area contributed by atoms with Gasteiger partial charge in [0.15, 0.2) is 0 Å². The van der Waals surface area contributed by atoms with E-state index in [1.54, 1.807) is 6.07 Å². The zero-order valence-corrected chi connectivity index (χ0v) is 24.8. The van der Waals surface area contributed by atoms with Crippen LogP contribution in [-0.2, 0) is 17.8 Å². The normalized spacial score (nSPS) is 22.1. The molecule has 2 aliphatic heterocycles. The number of piperidine rings is 1. The van der Waals surface area contributed by atoms with Gasteiger partial charge in [0.05, 0.1) is 19.2 Å². The zero-order valence-electron chi connectivity index (χ0n) is 24.8. The molecule has 1 unspecified atom stereocenters. The first-order valence-corrected chi connectivity index (χ1v) is 15.4. The molecule has 0 amide bonds. The van der Waals surface area contributed by atoms with Crippen molar-refractivity contribution in [3.63, 3.8) is 0 Å². The highest BCUT2D eigenvalue weighted by Crippen LogP contribution is 2.48. The van der Waals surface area contributed by atoms with Crippen molar-refractivity contribution in [3.05, 3.63) is 76.7 Å². The van der Waals surface area contributed by atoms with Gasteiger partial charge in [0.1, 0.15) is 17.7 Å². The Morgan fingerprint density at radius 2 is 1.98 bits per heavy atom. The number of halogens is 1. The highest BCUT2D eigenvalue weighted by Gasteiger charge is 2.39. The van der Waals surface area contributed by atoms with E-state index in [0.717, 1.165) is 66.8 Å². The molecule has 2 fully saturated rings. The first-order chi connectivity index (χ1) is 20.3. The number of aromatic nitrogens is 1. The fourth-order valence-electron chi connectivity index (χ4n) is 6.98. The van der Waals surface area contributed by atoms with Crippen LogP contribution in [0.5, 0.6) is 11.6 Å². The Balaban J connectivity index is 1.34. The molecule has 6 nitrogen and oxygen atoms in total. The van der Waals surface area contributed by atoms with Crippen molar-refractivity contribution >= 4 is 5.97 Å². The summed E-state index contributed by atoms with van der Waals surface area (Å²) in [5, 5.41) is 9.79. The van der Waals surface area contributed by atoms with Gasteiger partial charge in [-0.1, -0.05) is 37.6 Å². The van der Waals surface area contributed by atoms with Crippen LogP contribution in [0.4, 0.5) is 4.39 Å². The third-order valence-corrected chi connectivity index (χ3v) is 9.63. The van der Waals surface area contributed by atoms with Crippen molar-refractivity contribution in [3.8, 4) is 22.8 Å². The Hall–Kier alpha value is -3.45. The molecule has 6 rings (SSSR count). The minimum absolute atomic E-state index is 0.000500. The largest absolute Gasteiger partial charge is 0.485 e. The summed E-state index contributed by atoms with van der Waals surface area (Å²) in [6, 6.07) is 14.7. The lowest BCUT2D eigenvalue weighted by atomic mass is 9.82. The Bertz CT molecular complexity index is 1450. The monoisotopic (exact) mass is 572 g/mol. The van der Waals surface area contributed by atoms with Crippen molar-refractivity contribution < 1.29 is 23.8 Å². The number of carboxylic acid groups (broad SMARTS) is 1. The van der Waals surface area contributed by atoms with E-state index in [1.807, 2.05) is 13.0 Å². The Labute approximate surface area is 247 Å². The summed E-state index contributed by atoms with van der Waals surface area (Å²) < 4.78 is 27.0. The number of aryl methyl sites for hydroxylation is 1. The van der Waals surface area contributed by atoms with Crippen molar-refractivity contribution in [2.24, 2.45) is 11.8 Å². The maximum atomic E-state index is 14.9. The lowest BCUT2D eigenvalue weighted by Crippen LogP contribution is -2.37. The molecule has 1 saturated heterocycles. The molecule has 222 valence electrons. The number of hydrogen-bond acceptors (Lipinski definition) is 5. The molecule has 3 heterocycles. The second-order valence-electron chi connectivity index (χ2n) is 12.4. The number of likely N-dealkylation sites (tertiary alicyclic amines) is 1.